The molecule has 1 aromatic carbocycles. The van der Waals surface area contributed by atoms with E-state index >= 15 is 0 Å². The molecular weight excluding hydrogens is 258 g/mol. The predicted octanol–water partition coefficient (Wildman–Crippen LogP) is 2.88. The molecule has 1 aliphatic rings. The number of rotatable bonds is 5. The zero-order valence-electron chi connectivity index (χ0n) is 14.1. The van der Waals surface area contributed by atoms with Crippen molar-refractivity contribution in [3.8, 4) is 0 Å². The summed E-state index contributed by atoms with van der Waals surface area (Å²) in [5, 5.41) is 0. The van der Waals surface area contributed by atoms with Crippen LogP contribution in [0.4, 0.5) is 5.69 Å². The first-order valence-corrected chi connectivity index (χ1v) is 8.20. The van der Waals surface area contributed by atoms with Crippen LogP contribution < -0.4 is 10.6 Å². The van der Waals surface area contributed by atoms with E-state index in [-0.39, 0.29) is 5.54 Å². The first-order valence-electron chi connectivity index (χ1n) is 8.20. The van der Waals surface area contributed by atoms with Crippen molar-refractivity contribution in [3.63, 3.8) is 0 Å². The van der Waals surface area contributed by atoms with Crippen molar-refractivity contribution in [1.29, 1.82) is 0 Å². The molecule has 3 nitrogen and oxygen atoms in total. The van der Waals surface area contributed by atoms with Crippen LogP contribution in [0.15, 0.2) is 24.3 Å². The highest BCUT2D eigenvalue weighted by atomic mass is 15.2. The van der Waals surface area contributed by atoms with Crippen molar-refractivity contribution >= 4 is 5.69 Å². The second-order valence-electron chi connectivity index (χ2n) is 7.02. The lowest BCUT2D eigenvalue weighted by Crippen LogP contribution is -2.58. The fourth-order valence-corrected chi connectivity index (χ4v) is 3.39. The Bertz CT molecular complexity index is 430. The number of likely N-dealkylation sites (tertiary alicyclic amines) is 1. The van der Waals surface area contributed by atoms with Crippen molar-refractivity contribution < 1.29 is 0 Å². The highest BCUT2D eigenvalue weighted by Crippen LogP contribution is 2.31. The second-order valence-corrected chi connectivity index (χ2v) is 7.02. The van der Waals surface area contributed by atoms with Gasteiger partial charge in [-0.15, -0.1) is 0 Å². The van der Waals surface area contributed by atoms with Crippen LogP contribution in [0.25, 0.3) is 0 Å². The normalized spacial score (nSPS) is 19.0. The van der Waals surface area contributed by atoms with Crippen LogP contribution in [-0.2, 0) is 0 Å². The van der Waals surface area contributed by atoms with Gasteiger partial charge in [-0.2, -0.15) is 0 Å². The van der Waals surface area contributed by atoms with Gasteiger partial charge in [-0.1, -0.05) is 31.5 Å². The summed E-state index contributed by atoms with van der Waals surface area (Å²) in [6.07, 6.45) is 2.31. The maximum atomic E-state index is 6.19. The van der Waals surface area contributed by atoms with Gasteiger partial charge in [0.1, 0.15) is 0 Å². The third kappa shape index (κ3) is 3.78. The zero-order valence-corrected chi connectivity index (χ0v) is 14.1. The number of nitrogens with two attached hydrogens (primary N) is 1. The van der Waals surface area contributed by atoms with Gasteiger partial charge in [0.15, 0.2) is 0 Å². The average Bonchev–Trinajstić information content (AvgIpc) is 2.48. The first-order chi connectivity index (χ1) is 9.97. The molecule has 0 aromatic heterocycles. The molecule has 0 amide bonds. The molecule has 1 aliphatic heterocycles. The van der Waals surface area contributed by atoms with Crippen LogP contribution >= 0.6 is 0 Å². The molecule has 1 fully saturated rings. The molecule has 2 rings (SSSR count). The molecule has 0 saturated carbocycles. The van der Waals surface area contributed by atoms with Crippen LogP contribution in [0, 0.1) is 12.8 Å². The largest absolute Gasteiger partial charge is 0.368 e. The van der Waals surface area contributed by atoms with Gasteiger partial charge in [0.05, 0.1) is 5.54 Å². The molecule has 1 heterocycles. The highest BCUT2D eigenvalue weighted by Gasteiger charge is 2.37. The summed E-state index contributed by atoms with van der Waals surface area (Å²) in [5.74, 6) is 0.741. The number of nitrogens with zero attached hydrogens (tertiary/aromatic N) is 2. The van der Waals surface area contributed by atoms with E-state index in [1.807, 2.05) is 0 Å². The monoisotopic (exact) mass is 289 g/mol. The molecule has 1 aromatic rings. The first kappa shape index (κ1) is 16.3. The summed E-state index contributed by atoms with van der Waals surface area (Å²) in [6, 6.07) is 8.80. The van der Waals surface area contributed by atoms with Crippen LogP contribution in [0.3, 0.4) is 0 Å². The van der Waals surface area contributed by atoms with E-state index in [1.165, 1.54) is 17.8 Å². The fourth-order valence-electron chi connectivity index (χ4n) is 3.39. The van der Waals surface area contributed by atoms with Gasteiger partial charge < -0.3 is 15.5 Å². The molecule has 0 unspecified atom stereocenters. The molecular formula is C18H31N3. The maximum absolute atomic E-state index is 6.19. The Morgan fingerprint density at radius 3 is 2.24 bits per heavy atom. The van der Waals surface area contributed by atoms with Gasteiger partial charge in [0, 0.05) is 38.9 Å². The Hall–Kier alpha value is -1.06. The number of hydrogen-bond donors (Lipinski definition) is 1. The maximum Gasteiger partial charge on any atom is 0.0545 e. The van der Waals surface area contributed by atoms with Crippen molar-refractivity contribution in [2.24, 2.45) is 11.7 Å². The zero-order chi connectivity index (χ0) is 15.5. The smallest absolute Gasteiger partial charge is 0.0545 e. The second kappa shape index (κ2) is 6.80. The van der Waals surface area contributed by atoms with Crippen molar-refractivity contribution in [2.45, 2.75) is 39.2 Å². The van der Waals surface area contributed by atoms with Crippen LogP contribution in [0.1, 0.15) is 32.3 Å². The van der Waals surface area contributed by atoms with Crippen LogP contribution in [-0.4, -0.2) is 43.7 Å². The number of aryl methyl sites for hydroxylation is 1. The predicted molar refractivity (Wildman–Crippen MR) is 91.9 cm³/mol. The topological polar surface area (TPSA) is 32.5 Å². The molecule has 0 radical (unpaired) electrons. The van der Waals surface area contributed by atoms with Crippen molar-refractivity contribution in [1.82, 2.24) is 4.90 Å². The summed E-state index contributed by atoms with van der Waals surface area (Å²) in [7, 11) is 2.20. The Morgan fingerprint density at radius 2 is 1.76 bits per heavy atom. The summed E-state index contributed by atoms with van der Waals surface area (Å²) >= 11 is 0. The standard InChI is InChI=1S/C18H31N3/c1-15(2)13-21-11-9-18(14-19,10-12-21)20(4)17-7-5-16(3)6-8-17/h5-8,15H,9-14,19H2,1-4H3. The van der Waals surface area contributed by atoms with Gasteiger partial charge in [-0.25, -0.2) is 0 Å². The van der Waals surface area contributed by atoms with Gasteiger partial charge in [-0.3, -0.25) is 0 Å². The third-order valence-electron chi connectivity index (χ3n) is 4.92. The van der Waals surface area contributed by atoms with Gasteiger partial charge >= 0.3 is 0 Å². The van der Waals surface area contributed by atoms with Crippen molar-refractivity contribution in [2.75, 3.05) is 38.1 Å². The Balaban J connectivity index is 2.07. The number of benzene rings is 1. The van der Waals surface area contributed by atoms with Crippen LogP contribution in [0.5, 0.6) is 0 Å². The minimum Gasteiger partial charge on any atom is -0.368 e. The van der Waals surface area contributed by atoms with E-state index in [1.54, 1.807) is 0 Å². The number of hydrogen-bond acceptors (Lipinski definition) is 3. The Morgan fingerprint density at radius 1 is 1.19 bits per heavy atom. The van der Waals surface area contributed by atoms with E-state index in [0.717, 1.165) is 38.4 Å². The number of anilines is 1. The Kier molecular flexibility index (Phi) is 5.28. The minimum atomic E-state index is 0.114. The lowest BCUT2D eigenvalue weighted by Gasteiger charge is -2.48. The minimum absolute atomic E-state index is 0.114. The van der Waals surface area contributed by atoms with Crippen LogP contribution in [0.2, 0.25) is 0 Å². The lowest BCUT2D eigenvalue weighted by atomic mass is 9.85. The molecule has 21 heavy (non-hydrogen) atoms. The molecule has 3 heteroatoms. The van der Waals surface area contributed by atoms with E-state index in [9.17, 15) is 0 Å². The van der Waals surface area contributed by atoms with Crippen molar-refractivity contribution in [3.05, 3.63) is 29.8 Å². The average molecular weight is 289 g/mol. The summed E-state index contributed by atoms with van der Waals surface area (Å²) in [4.78, 5) is 5.00. The summed E-state index contributed by atoms with van der Waals surface area (Å²) in [5.41, 5.74) is 8.89. The van der Waals surface area contributed by atoms with E-state index < -0.39 is 0 Å². The van der Waals surface area contributed by atoms with E-state index in [0.29, 0.717) is 0 Å². The van der Waals surface area contributed by atoms with Gasteiger partial charge in [0.2, 0.25) is 0 Å². The molecule has 0 aliphatic carbocycles. The molecule has 118 valence electrons. The van der Waals surface area contributed by atoms with Gasteiger partial charge in [-0.05, 0) is 37.8 Å². The fraction of sp³-hybridized carbons (Fsp3) is 0.667. The van der Waals surface area contributed by atoms with E-state index in [2.05, 4.69) is 61.9 Å². The molecule has 2 N–H and O–H groups in total. The summed E-state index contributed by atoms with van der Waals surface area (Å²) < 4.78 is 0. The molecule has 0 atom stereocenters. The highest BCUT2D eigenvalue weighted by molar-refractivity contribution is 5.49. The Labute approximate surface area is 130 Å². The van der Waals surface area contributed by atoms with E-state index in [4.69, 9.17) is 5.73 Å². The number of piperidine rings is 1. The van der Waals surface area contributed by atoms with Gasteiger partial charge in [0.25, 0.3) is 0 Å². The third-order valence-corrected chi connectivity index (χ3v) is 4.92. The summed E-state index contributed by atoms with van der Waals surface area (Å²) in [6.45, 7) is 11.0. The lowest BCUT2D eigenvalue weighted by molar-refractivity contribution is 0.148. The molecule has 1 saturated heterocycles. The SMILES string of the molecule is Cc1ccc(N(C)C2(CN)CCN(CC(C)C)CC2)cc1. The molecule has 0 spiro atoms. The quantitative estimate of drug-likeness (QED) is 0.904. The molecule has 0 bridgehead atoms. The number of likely N-dealkylation sites (N-methyl/N-ethyl adjacent to an activating group) is 1.